The molecule has 4 heteroatoms. The molecule has 0 aliphatic heterocycles. The standard InChI is InChI=1S/C13H21N3O/c17-12(11-6-7-11)13-14-9-16(15-13)8-10-4-2-1-3-5-10/h9-12,17H,1-8H2. The number of hydrogen-bond donors (Lipinski definition) is 1. The molecule has 1 aromatic rings. The summed E-state index contributed by atoms with van der Waals surface area (Å²) >= 11 is 0. The first-order chi connectivity index (χ1) is 8.33. The summed E-state index contributed by atoms with van der Waals surface area (Å²) in [5.41, 5.74) is 0. The Balaban J connectivity index is 1.59. The molecule has 17 heavy (non-hydrogen) atoms. The number of aliphatic hydroxyl groups excluding tert-OH is 1. The van der Waals surface area contributed by atoms with Gasteiger partial charge in [0, 0.05) is 6.54 Å². The van der Waals surface area contributed by atoms with Crippen molar-refractivity contribution < 1.29 is 5.11 Å². The van der Waals surface area contributed by atoms with E-state index in [0.29, 0.717) is 11.7 Å². The zero-order valence-electron chi connectivity index (χ0n) is 10.3. The fourth-order valence-electron chi connectivity index (χ4n) is 2.79. The molecule has 0 radical (unpaired) electrons. The highest BCUT2D eigenvalue weighted by Gasteiger charge is 2.33. The van der Waals surface area contributed by atoms with Crippen LogP contribution in [0, 0.1) is 11.8 Å². The molecule has 0 aromatic carbocycles. The molecule has 4 nitrogen and oxygen atoms in total. The first-order valence-electron chi connectivity index (χ1n) is 6.90. The second kappa shape index (κ2) is 4.77. The summed E-state index contributed by atoms with van der Waals surface area (Å²) < 4.78 is 1.93. The minimum absolute atomic E-state index is 0.417. The lowest BCUT2D eigenvalue weighted by Crippen LogP contribution is -2.15. The molecule has 2 fully saturated rings. The van der Waals surface area contributed by atoms with Crippen LogP contribution < -0.4 is 0 Å². The summed E-state index contributed by atoms with van der Waals surface area (Å²) in [6.07, 6.45) is 10.3. The Bertz CT molecular complexity index is 366. The van der Waals surface area contributed by atoms with Crippen LogP contribution >= 0.6 is 0 Å². The van der Waals surface area contributed by atoms with Crippen molar-refractivity contribution in [3.8, 4) is 0 Å². The molecule has 1 atom stereocenters. The second-order valence-corrected chi connectivity index (χ2v) is 5.61. The van der Waals surface area contributed by atoms with Gasteiger partial charge in [-0.3, -0.25) is 4.68 Å². The number of aromatic nitrogens is 3. The normalized spacial score (nSPS) is 23.8. The monoisotopic (exact) mass is 235 g/mol. The zero-order chi connectivity index (χ0) is 11.7. The molecule has 0 amide bonds. The van der Waals surface area contributed by atoms with Crippen molar-refractivity contribution in [2.24, 2.45) is 11.8 Å². The van der Waals surface area contributed by atoms with Crippen LogP contribution in [0.5, 0.6) is 0 Å². The minimum atomic E-state index is -0.428. The Morgan fingerprint density at radius 3 is 2.71 bits per heavy atom. The van der Waals surface area contributed by atoms with Crippen molar-refractivity contribution >= 4 is 0 Å². The maximum atomic E-state index is 9.94. The first kappa shape index (κ1) is 11.2. The van der Waals surface area contributed by atoms with Gasteiger partial charge in [-0.15, -0.1) is 0 Å². The van der Waals surface area contributed by atoms with Crippen LogP contribution in [-0.4, -0.2) is 19.9 Å². The highest BCUT2D eigenvalue weighted by Crippen LogP contribution is 2.39. The van der Waals surface area contributed by atoms with E-state index in [9.17, 15) is 5.11 Å². The van der Waals surface area contributed by atoms with Crippen LogP contribution in [0.3, 0.4) is 0 Å². The summed E-state index contributed by atoms with van der Waals surface area (Å²) in [7, 11) is 0. The van der Waals surface area contributed by atoms with Gasteiger partial charge < -0.3 is 5.11 Å². The topological polar surface area (TPSA) is 50.9 Å². The summed E-state index contributed by atoms with van der Waals surface area (Å²) in [6, 6.07) is 0. The maximum absolute atomic E-state index is 9.94. The Hall–Kier alpha value is -0.900. The van der Waals surface area contributed by atoms with Crippen molar-refractivity contribution in [1.29, 1.82) is 0 Å². The van der Waals surface area contributed by atoms with E-state index in [-0.39, 0.29) is 0 Å². The molecule has 1 aromatic heterocycles. The zero-order valence-corrected chi connectivity index (χ0v) is 10.3. The molecule has 1 unspecified atom stereocenters. The van der Waals surface area contributed by atoms with Crippen molar-refractivity contribution in [2.45, 2.75) is 57.6 Å². The third-order valence-corrected chi connectivity index (χ3v) is 4.06. The van der Waals surface area contributed by atoms with Crippen molar-refractivity contribution in [2.75, 3.05) is 0 Å². The SMILES string of the molecule is OC(c1ncn(CC2CCCCC2)n1)C1CC1. The predicted octanol–water partition coefficient (Wildman–Crippen LogP) is 2.30. The second-order valence-electron chi connectivity index (χ2n) is 5.61. The number of nitrogens with zero attached hydrogens (tertiary/aromatic N) is 3. The molecular weight excluding hydrogens is 214 g/mol. The van der Waals surface area contributed by atoms with E-state index < -0.39 is 6.10 Å². The smallest absolute Gasteiger partial charge is 0.179 e. The van der Waals surface area contributed by atoms with Gasteiger partial charge >= 0.3 is 0 Å². The average Bonchev–Trinajstić information content (AvgIpc) is 3.11. The molecule has 2 saturated carbocycles. The molecule has 0 saturated heterocycles. The van der Waals surface area contributed by atoms with Gasteiger partial charge in [-0.05, 0) is 37.5 Å². The average molecular weight is 235 g/mol. The van der Waals surface area contributed by atoms with Gasteiger partial charge in [-0.2, -0.15) is 5.10 Å². The number of rotatable bonds is 4. The Morgan fingerprint density at radius 2 is 2.00 bits per heavy atom. The van der Waals surface area contributed by atoms with E-state index in [1.54, 1.807) is 6.33 Å². The molecule has 2 aliphatic carbocycles. The van der Waals surface area contributed by atoms with E-state index in [2.05, 4.69) is 10.1 Å². The lowest BCUT2D eigenvalue weighted by molar-refractivity contribution is 0.143. The van der Waals surface area contributed by atoms with E-state index in [1.807, 2.05) is 4.68 Å². The lowest BCUT2D eigenvalue weighted by atomic mass is 9.89. The maximum Gasteiger partial charge on any atom is 0.179 e. The summed E-state index contributed by atoms with van der Waals surface area (Å²) in [5.74, 6) is 1.81. The van der Waals surface area contributed by atoms with Crippen LogP contribution in [0.15, 0.2) is 6.33 Å². The Labute approximate surface area is 102 Å². The molecule has 1 heterocycles. The van der Waals surface area contributed by atoms with Crippen molar-refractivity contribution in [3.63, 3.8) is 0 Å². The van der Waals surface area contributed by atoms with Gasteiger partial charge in [-0.1, -0.05) is 19.3 Å². The highest BCUT2D eigenvalue weighted by atomic mass is 16.3. The van der Waals surface area contributed by atoms with E-state index in [4.69, 9.17) is 0 Å². The molecule has 94 valence electrons. The van der Waals surface area contributed by atoms with E-state index >= 15 is 0 Å². The van der Waals surface area contributed by atoms with Crippen LogP contribution in [0.1, 0.15) is 56.9 Å². The van der Waals surface area contributed by atoms with Crippen LogP contribution in [0.2, 0.25) is 0 Å². The molecule has 1 N–H and O–H groups in total. The quantitative estimate of drug-likeness (QED) is 0.871. The minimum Gasteiger partial charge on any atom is -0.385 e. The van der Waals surface area contributed by atoms with Crippen LogP contribution in [0.25, 0.3) is 0 Å². The fraction of sp³-hybridized carbons (Fsp3) is 0.846. The fourth-order valence-corrected chi connectivity index (χ4v) is 2.79. The molecule has 3 rings (SSSR count). The van der Waals surface area contributed by atoms with Gasteiger partial charge in [0.1, 0.15) is 12.4 Å². The van der Waals surface area contributed by atoms with Gasteiger partial charge in [-0.25, -0.2) is 4.98 Å². The summed E-state index contributed by atoms with van der Waals surface area (Å²) in [5, 5.41) is 14.4. The number of hydrogen-bond acceptors (Lipinski definition) is 3. The summed E-state index contributed by atoms with van der Waals surface area (Å²) in [6.45, 7) is 0.977. The van der Waals surface area contributed by atoms with Crippen molar-refractivity contribution in [1.82, 2.24) is 14.8 Å². The third kappa shape index (κ3) is 2.68. The largest absolute Gasteiger partial charge is 0.385 e. The van der Waals surface area contributed by atoms with Crippen molar-refractivity contribution in [3.05, 3.63) is 12.2 Å². The van der Waals surface area contributed by atoms with Crippen LogP contribution in [-0.2, 0) is 6.54 Å². The van der Waals surface area contributed by atoms with Crippen LogP contribution in [0.4, 0.5) is 0 Å². The highest BCUT2D eigenvalue weighted by molar-refractivity contribution is 4.96. The molecule has 0 bridgehead atoms. The molecular formula is C13H21N3O. The van der Waals surface area contributed by atoms with Gasteiger partial charge in [0.2, 0.25) is 0 Å². The van der Waals surface area contributed by atoms with E-state index in [1.165, 1.54) is 32.1 Å². The van der Waals surface area contributed by atoms with Gasteiger partial charge in [0.05, 0.1) is 0 Å². The Kier molecular flexibility index (Phi) is 3.14. The van der Waals surface area contributed by atoms with Gasteiger partial charge in [0.15, 0.2) is 5.82 Å². The van der Waals surface area contributed by atoms with E-state index in [0.717, 1.165) is 25.3 Å². The lowest BCUT2D eigenvalue weighted by Gasteiger charge is -2.20. The third-order valence-electron chi connectivity index (χ3n) is 4.06. The predicted molar refractivity (Wildman–Crippen MR) is 64.3 cm³/mol. The molecule has 0 spiro atoms. The van der Waals surface area contributed by atoms with Gasteiger partial charge in [0.25, 0.3) is 0 Å². The summed E-state index contributed by atoms with van der Waals surface area (Å²) in [4.78, 5) is 4.24. The number of aliphatic hydroxyl groups is 1. The first-order valence-corrected chi connectivity index (χ1v) is 6.90. The Morgan fingerprint density at radius 1 is 1.24 bits per heavy atom. The molecule has 2 aliphatic rings.